The number of aryl methyl sites for hydroxylation is 2. The van der Waals surface area contributed by atoms with Crippen molar-refractivity contribution in [3.8, 4) is 23.0 Å². The molecule has 1 unspecified atom stereocenters. The van der Waals surface area contributed by atoms with Crippen LogP contribution < -0.4 is 20.1 Å². The molecular weight excluding hydrogens is 765 g/mol. The van der Waals surface area contributed by atoms with Crippen LogP contribution in [0.2, 0.25) is 0 Å². The van der Waals surface area contributed by atoms with Gasteiger partial charge >= 0.3 is 0 Å². The number of rotatable bonds is 18. The Morgan fingerprint density at radius 1 is 0.787 bits per heavy atom. The summed E-state index contributed by atoms with van der Waals surface area (Å²) in [4.78, 5) is 27.6. The van der Waals surface area contributed by atoms with Gasteiger partial charge in [-0.15, -0.1) is 0 Å². The fourth-order valence-electron chi connectivity index (χ4n) is 11.0. The molecule has 5 aliphatic rings. The molecule has 9 nitrogen and oxygen atoms in total. The van der Waals surface area contributed by atoms with E-state index in [1.54, 1.807) is 7.11 Å². The summed E-state index contributed by atoms with van der Waals surface area (Å²) in [6.07, 6.45) is 20.8. The van der Waals surface area contributed by atoms with E-state index in [-0.39, 0.29) is 47.0 Å². The highest BCUT2D eigenvalue weighted by atomic mass is 16.5. The molecule has 2 amide bonds. The van der Waals surface area contributed by atoms with Gasteiger partial charge in [-0.2, -0.15) is 0 Å². The molecule has 2 aromatic rings. The summed E-state index contributed by atoms with van der Waals surface area (Å²) < 4.78 is 19.2. The first kappa shape index (κ1) is 45.1. The number of unbranched alkanes of at least 4 members (excludes halogenated alkanes) is 4. The quantitative estimate of drug-likeness (QED) is 0.0870. The van der Waals surface area contributed by atoms with Gasteiger partial charge in [0.25, 0.3) is 11.8 Å². The van der Waals surface area contributed by atoms with E-state index in [2.05, 4.69) is 76.5 Å². The lowest BCUT2D eigenvalue weighted by Crippen LogP contribution is -2.48. The van der Waals surface area contributed by atoms with Crippen molar-refractivity contribution >= 4 is 11.8 Å². The van der Waals surface area contributed by atoms with Gasteiger partial charge in [0.05, 0.1) is 17.7 Å². The molecule has 334 valence electrons. The Morgan fingerprint density at radius 2 is 1.41 bits per heavy atom. The molecule has 2 aliphatic heterocycles. The Kier molecular flexibility index (Phi) is 14.2. The molecule has 61 heavy (non-hydrogen) atoms. The summed E-state index contributed by atoms with van der Waals surface area (Å²) in [6, 6.07) is 4.13. The van der Waals surface area contributed by atoms with E-state index in [1.165, 1.54) is 11.1 Å². The lowest BCUT2D eigenvalue weighted by atomic mass is 9.65. The maximum atomic E-state index is 13.9. The van der Waals surface area contributed by atoms with Gasteiger partial charge < -0.3 is 35.1 Å². The van der Waals surface area contributed by atoms with Crippen LogP contribution >= 0.6 is 0 Å². The molecule has 9 heteroatoms. The first-order valence-corrected chi connectivity index (χ1v) is 23.8. The van der Waals surface area contributed by atoms with Crippen molar-refractivity contribution in [3.05, 3.63) is 68.8 Å². The third kappa shape index (κ3) is 9.97. The molecule has 5 atom stereocenters. The fourth-order valence-corrected chi connectivity index (χ4v) is 11.0. The first-order valence-electron chi connectivity index (χ1n) is 23.8. The SMILES string of the molecule is CCCCCc1cc2c(c(O)c1C(=O)NCC1CC1)[C@@H]1C=C(CCC3(C)Oc4cc(CCCCC)c(C(=O)NCCOC)c(O)c4[C@@H]4C=C(C)CC[C@H]43)CC[C@H]1CC(C)(C)O2. The van der Waals surface area contributed by atoms with Crippen LogP contribution in [0, 0.1) is 17.8 Å². The Morgan fingerprint density at radius 3 is 2.03 bits per heavy atom. The van der Waals surface area contributed by atoms with Gasteiger partial charge in [-0.25, -0.2) is 0 Å². The molecule has 0 radical (unpaired) electrons. The number of methoxy groups -OCH3 is 1. The summed E-state index contributed by atoms with van der Waals surface area (Å²) >= 11 is 0. The van der Waals surface area contributed by atoms with Crippen LogP contribution in [0.5, 0.6) is 23.0 Å². The fraction of sp³-hybridized carbons (Fsp3) is 0.654. The zero-order valence-corrected chi connectivity index (χ0v) is 38.3. The van der Waals surface area contributed by atoms with Crippen LogP contribution in [0.4, 0.5) is 0 Å². The van der Waals surface area contributed by atoms with Crippen molar-refractivity contribution in [2.24, 2.45) is 17.8 Å². The average molecular weight is 839 g/mol. The Bertz CT molecular complexity index is 1990. The highest BCUT2D eigenvalue weighted by Gasteiger charge is 2.49. The molecule has 0 aromatic heterocycles. The number of carbonyl (C=O) groups excluding carboxylic acids is 2. The highest BCUT2D eigenvalue weighted by molar-refractivity contribution is 6.00. The minimum absolute atomic E-state index is 0.0500. The smallest absolute Gasteiger partial charge is 0.255 e. The van der Waals surface area contributed by atoms with Gasteiger partial charge in [-0.1, -0.05) is 62.8 Å². The van der Waals surface area contributed by atoms with E-state index >= 15 is 0 Å². The number of phenols is 2. The van der Waals surface area contributed by atoms with Gasteiger partial charge in [0.15, 0.2) is 0 Å². The van der Waals surface area contributed by atoms with E-state index in [4.69, 9.17) is 14.2 Å². The van der Waals surface area contributed by atoms with Crippen molar-refractivity contribution in [3.63, 3.8) is 0 Å². The minimum Gasteiger partial charge on any atom is -0.507 e. The number of amides is 2. The number of carbonyl (C=O) groups is 2. The second-order valence-corrected chi connectivity index (χ2v) is 20.0. The Labute approximate surface area is 365 Å². The molecule has 2 heterocycles. The van der Waals surface area contributed by atoms with Crippen molar-refractivity contribution in [2.45, 2.75) is 174 Å². The Balaban J connectivity index is 1.22. The van der Waals surface area contributed by atoms with Crippen molar-refractivity contribution in [1.29, 1.82) is 0 Å². The van der Waals surface area contributed by atoms with E-state index in [0.717, 1.165) is 125 Å². The molecule has 2 aromatic carbocycles. The molecule has 1 saturated carbocycles. The van der Waals surface area contributed by atoms with Crippen LogP contribution in [0.25, 0.3) is 0 Å². The summed E-state index contributed by atoms with van der Waals surface area (Å²) in [5, 5.41) is 30.6. The lowest BCUT2D eigenvalue weighted by molar-refractivity contribution is -0.0130. The van der Waals surface area contributed by atoms with Gasteiger partial charge in [0, 0.05) is 49.1 Å². The van der Waals surface area contributed by atoms with E-state index < -0.39 is 11.2 Å². The molecule has 0 saturated heterocycles. The zero-order valence-electron chi connectivity index (χ0n) is 38.3. The summed E-state index contributed by atoms with van der Waals surface area (Å²) in [5.41, 5.74) is 5.69. The maximum absolute atomic E-state index is 13.9. The van der Waals surface area contributed by atoms with Crippen molar-refractivity contribution in [1.82, 2.24) is 10.6 Å². The molecule has 4 N–H and O–H groups in total. The third-order valence-corrected chi connectivity index (χ3v) is 14.5. The number of hydrogen-bond acceptors (Lipinski definition) is 7. The lowest BCUT2D eigenvalue weighted by Gasteiger charge is -2.49. The van der Waals surface area contributed by atoms with E-state index in [9.17, 15) is 19.8 Å². The number of hydrogen-bond donors (Lipinski definition) is 4. The van der Waals surface area contributed by atoms with E-state index in [1.807, 2.05) is 0 Å². The highest BCUT2D eigenvalue weighted by Crippen LogP contribution is 2.57. The van der Waals surface area contributed by atoms with Gasteiger partial charge in [-0.05, 0) is 146 Å². The van der Waals surface area contributed by atoms with Gasteiger partial charge in [-0.3, -0.25) is 9.59 Å². The predicted octanol–water partition coefficient (Wildman–Crippen LogP) is 11.1. The first-order chi connectivity index (χ1) is 29.3. The van der Waals surface area contributed by atoms with E-state index in [0.29, 0.717) is 54.7 Å². The molecule has 1 fully saturated rings. The van der Waals surface area contributed by atoms with Crippen LogP contribution in [0.15, 0.2) is 35.4 Å². The number of fused-ring (bicyclic) bond motifs is 6. The third-order valence-electron chi connectivity index (χ3n) is 14.5. The molecule has 0 bridgehead atoms. The Hall–Kier alpha value is -3.98. The predicted molar refractivity (Wildman–Crippen MR) is 242 cm³/mol. The minimum atomic E-state index is -0.517. The number of allylic oxidation sites excluding steroid dienone is 4. The summed E-state index contributed by atoms with van der Waals surface area (Å²) in [6.45, 7) is 14.5. The number of nitrogens with one attached hydrogen (secondary N) is 2. The second-order valence-electron chi connectivity index (χ2n) is 20.0. The van der Waals surface area contributed by atoms with Crippen molar-refractivity contribution in [2.75, 3.05) is 26.8 Å². The standard InChI is InChI=1S/C52H74N2O7/c1-8-10-12-14-35-28-41-45(47(55)44(35)50(58)54-31-34-17-18-34)38-27-33(19-20-37(38)30-51(4,5)60-41)22-23-52(6)40-21-16-32(3)26-39(40)46-42(61-52)29-36(15-13-11-9-2)43(48(46)56)49(57)53-24-25-59-7/h26-29,34,37-40,55-56H,8-25,30-31H2,1-7H3,(H,53,57)(H,54,58)/t37-,38+,39+,40+,52?/m0/s1. The monoisotopic (exact) mass is 839 g/mol. The number of aromatic hydroxyl groups is 2. The zero-order chi connectivity index (χ0) is 43.5. The average Bonchev–Trinajstić information content (AvgIpc) is 4.05. The van der Waals surface area contributed by atoms with Crippen molar-refractivity contribution < 1.29 is 34.0 Å². The molecule has 3 aliphatic carbocycles. The normalized spacial score (nSPS) is 25.0. The largest absolute Gasteiger partial charge is 0.507 e. The number of ether oxygens (including phenoxy) is 3. The molecule has 0 spiro atoms. The number of phenolic OH excluding ortho intramolecular Hbond substituents is 2. The van der Waals surface area contributed by atoms with Crippen LogP contribution in [-0.2, 0) is 17.6 Å². The summed E-state index contributed by atoms with van der Waals surface area (Å²) in [5.74, 6) is 1.85. The summed E-state index contributed by atoms with van der Waals surface area (Å²) in [7, 11) is 1.61. The van der Waals surface area contributed by atoms with Gasteiger partial charge in [0.1, 0.15) is 34.2 Å². The molecule has 7 rings (SSSR count). The van der Waals surface area contributed by atoms with Crippen LogP contribution in [0.1, 0.15) is 193 Å². The van der Waals surface area contributed by atoms with Crippen LogP contribution in [0.3, 0.4) is 0 Å². The van der Waals surface area contributed by atoms with Gasteiger partial charge in [0.2, 0.25) is 0 Å². The second kappa shape index (κ2) is 19.2. The molecular formula is C52H74N2O7. The number of benzene rings is 2. The topological polar surface area (TPSA) is 126 Å². The maximum Gasteiger partial charge on any atom is 0.255 e. The van der Waals surface area contributed by atoms with Crippen LogP contribution in [-0.4, -0.2) is 60.0 Å².